The number of carboxylic acids is 1. The maximum absolute atomic E-state index is 9.37. The minimum Gasteiger partial charge on any atom is -0.481 e. The number of para-hydroxylation sites is 2. The van der Waals surface area contributed by atoms with Gasteiger partial charge in [-0.25, -0.2) is 0 Å². The molecule has 1 N–H and O–H groups in total. The lowest BCUT2D eigenvalue weighted by Crippen LogP contribution is -1.86. The van der Waals surface area contributed by atoms with E-state index in [-0.39, 0.29) is 6.42 Å². The van der Waals surface area contributed by atoms with Crippen molar-refractivity contribution in [3.05, 3.63) is 36.7 Å². The van der Waals surface area contributed by atoms with Gasteiger partial charge in [0.05, 0.1) is 11.0 Å². The highest BCUT2D eigenvalue weighted by Gasteiger charge is 1.88. The van der Waals surface area contributed by atoms with E-state index in [0.717, 1.165) is 11.0 Å². The van der Waals surface area contributed by atoms with Crippen LogP contribution in [0.25, 0.3) is 11.0 Å². The normalized spacial score (nSPS) is 9.13. The van der Waals surface area contributed by atoms with Crippen molar-refractivity contribution in [2.45, 2.75) is 13.3 Å². The molecule has 4 heteroatoms. The van der Waals surface area contributed by atoms with E-state index in [4.69, 9.17) is 5.11 Å². The molecule has 0 bridgehead atoms. The molecule has 1 heterocycles. The number of fused-ring (bicyclic) bond motifs is 1. The van der Waals surface area contributed by atoms with Gasteiger partial charge in [0.15, 0.2) is 0 Å². The summed E-state index contributed by atoms with van der Waals surface area (Å²) < 4.78 is 0. The molecule has 1 aromatic heterocycles. The molecule has 78 valence electrons. The van der Waals surface area contributed by atoms with Gasteiger partial charge in [-0.3, -0.25) is 14.8 Å². The molecule has 0 saturated heterocycles. The molecule has 4 nitrogen and oxygen atoms in total. The molecule has 0 aliphatic rings. The fourth-order valence-electron chi connectivity index (χ4n) is 0.910. The van der Waals surface area contributed by atoms with Crippen molar-refractivity contribution in [2.24, 2.45) is 0 Å². The van der Waals surface area contributed by atoms with Gasteiger partial charge in [0.2, 0.25) is 0 Å². The third-order valence-corrected chi connectivity index (χ3v) is 1.68. The third-order valence-electron chi connectivity index (χ3n) is 1.68. The first-order chi connectivity index (χ1) is 7.24. The van der Waals surface area contributed by atoms with E-state index < -0.39 is 5.97 Å². The molecule has 15 heavy (non-hydrogen) atoms. The van der Waals surface area contributed by atoms with Gasteiger partial charge in [-0.15, -0.1) is 0 Å². The zero-order valence-corrected chi connectivity index (χ0v) is 8.42. The first-order valence-corrected chi connectivity index (χ1v) is 4.61. The molecule has 0 saturated carbocycles. The van der Waals surface area contributed by atoms with E-state index in [0.29, 0.717) is 0 Å². The Morgan fingerprint density at radius 1 is 1.20 bits per heavy atom. The zero-order chi connectivity index (χ0) is 11.1. The fourth-order valence-corrected chi connectivity index (χ4v) is 0.910. The quantitative estimate of drug-likeness (QED) is 0.772. The highest BCUT2D eigenvalue weighted by molar-refractivity contribution is 5.72. The highest BCUT2D eigenvalue weighted by Crippen LogP contribution is 2.04. The summed E-state index contributed by atoms with van der Waals surface area (Å²) in [4.78, 5) is 17.6. The monoisotopic (exact) mass is 204 g/mol. The van der Waals surface area contributed by atoms with Crippen LogP contribution in [0, 0.1) is 0 Å². The largest absolute Gasteiger partial charge is 0.481 e. The van der Waals surface area contributed by atoms with Crippen LogP contribution in [0.5, 0.6) is 0 Å². The topological polar surface area (TPSA) is 63.1 Å². The molecular weight excluding hydrogens is 192 g/mol. The van der Waals surface area contributed by atoms with Crippen LogP contribution in [0.3, 0.4) is 0 Å². The standard InChI is InChI=1S/C8H6N2.C3H6O2/c1-2-4-8-7(3-1)9-5-6-10-8;1-2-3(4)5/h1-6H;2H2,1H3,(H,4,5). The summed E-state index contributed by atoms with van der Waals surface area (Å²) in [5.74, 6) is -0.745. The Morgan fingerprint density at radius 3 is 1.93 bits per heavy atom. The van der Waals surface area contributed by atoms with Crippen molar-refractivity contribution < 1.29 is 9.90 Å². The number of aliphatic carboxylic acids is 1. The molecular formula is C11H12N2O2. The Labute approximate surface area is 87.6 Å². The number of aromatic nitrogens is 2. The lowest BCUT2D eigenvalue weighted by atomic mass is 10.3. The van der Waals surface area contributed by atoms with Gasteiger partial charge in [-0.05, 0) is 12.1 Å². The SMILES string of the molecule is CCC(=O)O.c1ccc2nccnc2c1. The van der Waals surface area contributed by atoms with Crippen LogP contribution in [0.4, 0.5) is 0 Å². The van der Waals surface area contributed by atoms with E-state index in [1.54, 1.807) is 19.3 Å². The predicted molar refractivity (Wildman–Crippen MR) is 57.5 cm³/mol. The molecule has 2 aromatic rings. The molecule has 2 rings (SSSR count). The van der Waals surface area contributed by atoms with Crippen LogP contribution in [-0.2, 0) is 4.79 Å². The number of benzene rings is 1. The number of rotatable bonds is 1. The average Bonchev–Trinajstić information content (AvgIpc) is 2.30. The smallest absolute Gasteiger partial charge is 0.303 e. The number of hydrogen-bond donors (Lipinski definition) is 1. The second kappa shape index (κ2) is 5.70. The van der Waals surface area contributed by atoms with E-state index >= 15 is 0 Å². The Balaban J connectivity index is 0.000000195. The summed E-state index contributed by atoms with van der Waals surface area (Å²) in [7, 11) is 0. The number of nitrogens with zero attached hydrogens (tertiary/aromatic N) is 2. The van der Waals surface area contributed by atoms with Gasteiger partial charge in [-0.1, -0.05) is 19.1 Å². The zero-order valence-electron chi connectivity index (χ0n) is 8.42. The van der Waals surface area contributed by atoms with Crippen LogP contribution >= 0.6 is 0 Å². The fraction of sp³-hybridized carbons (Fsp3) is 0.182. The highest BCUT2D eigenvalue weighted by atomic mass is 16.4. The van der Waals surface area contributed by atoms with Crippen molar-refractivity contribution >= 4 is 17.0 Å². The summed E-state index contributed by atoms with van der Waals surface area (Å²) in [5, 5.41) is 7.72. The summed E-state index contributed by atoms with van der Waals surface area (Å²) in [5.41, 5.74) is 1.90. The van der Waals surface area contributed by atoms with Gasteiger partial charge in [0, 0.05) is 18.8 Å². The summed E-state index contributed by atoms with van der Waals surface area (Å²) in [6, 6.07) is 7.80. The predicted octanol–water partition coefficient (Wildman–Crippen LogP) is 2.11. The maximum Gasteiger partial charge on any atom is 0.303 e. The lowest BCUT2D eigenvalue weighted by molar-refractivity contribution is -0.136. The molecule has 0 radical (unpaired) electrons. The van der Waals surface area contributed by atoms with Crippen molar-refractivity contribution in [1.29, 1.82) is 0 Å². The van der Waals surface area contributed by atoms with E-state index in [1.807, 2.05) is 24.3 Å². The van der Waals surface area contributed by atoms with Crippen molar-refractivity contribution in [3.63, 3.8) is 0 Å². The van der Waals surface area contributed by atoms with Gasteiger partial charge in [-0.2, -0.15) is 0 Å². The molecule has 0 spiro atoms. The van der Waals surface area contributed by atoms with Crippen LogP contribution in [-0.4, -0.2) is 21.0 Å². The second-order valence-electron chi connectivity index (χ2n) is 2.79. The Bertz CT molecular complexity index is 378. The molecule has 0 atom stereocenters. The Kier molecular flexibility index (Phi) is 4.22. The van der Waals surface area contributed by atoms with Gasteiger partial charge in [0.25, 0.3) is 0 Å². The number of carbonyl (C=O) groups is 1. The number of hydrogen-bond acceptors (Lipinski definition) is 3. The van der Waals surface area contributed by atoms with E-state index in [2.05, 4.69) is 9.97 Å². The second-order valence-corrected chi connectivity index (χ2v) is 2.79. The maximum atomic E-state index is 9.37. The minimum absolute atomic E-state index is 0.222. The van der Waals surface area contributed by atoms with Crippen molar-refractivity contribution in [1.82, 2.24) is 9.97 Å². The Morgan fingerprint density at radius 2 is 1.60 bits per heavy atom. The molecule has 0 amide bonds. The van der Waals surface area contributed by atoms with Gasteiger partial charge >= 0.3 is 5.97 Å². The van der Waals surface area contributed by atoms with E-state index in [1.165, 1.54) is 0 Å². The molecule has 0 aliphatic heterocycles. The first kappa shape index (κ1) is 11.1. The van der Waals surface area contributed by atoms with Crippen molar-refractivity contribution in [3.8, 4) is 0 Å². The van der Waals surface area contributed by atoms with Crippen LogP contribution < -0.4 is 0 Å². The first-order valence-electron chi connectivity index (χ1n) is 4.61. The molecule has 0 fully saturated rings. The molecule has 0 aliphatic carbocycles. The van der Waals surface area contributed by atoms with Crippen LogP contribution in [0.1, 0.15) is 13.3 Å². The minimum atomic E-state index is -0.745. The molecule has 1 aromatic carbocycles. The lowest BCUT2D eigenvalue weighted by Gasteiger charge is -1.90. The Hall–Kier alpha value is -1.97. The summed E-state index contributed by atoms with van der Waals surface area (Å²) in [6.45, 7) is 1.60. The van der Waals surface area contributed by atoms with Gasteiger partial charge in [0.1, 0.15) is 0 Å². The molecule has 0 unspecified atom stereocenters. The average molecular weight is 204 g/mol. The van der Waals surface area contributed by atoms with Crippen LogP contribution in [0.15, 0.2) is 36.7 Å². The third kappa shape index (κ3) is 3.72. The van der Waals surface area contributed by atoms with Gasteiger partial charge < -0.3 is 5.11 Å². The number of carboxylic acid groups (broad SMARTS) is 1. The summed E-state index contributed by atoms with van der Waals surface area (Å²) in [6.07, 6.45) is 3.62. The summed E-state index contributed by atoms with van der Waals surface area (Å²) >= 11 is 0. The van der Waals surface area contributed by atoms with Crippen LogP contribution in [0.2, 0.25) is 0 Å². The van der Waals surface area contributed by atoms with E-state index in [9.17, 15) is 4.79 Å². The van der Waals surface area contributed by atoms with Crippen molar-refractivity contribution in [2.75, 3.05) is 0 Å².